The number of esters is 2. The molecule has 27 heteroatoms. The molecule has 2 aromatic rings. The van der Waals surface area contributed by atoms with Crippen LogP contribution in [-0.2, 0) is 63.7 Å². The fourth-order valence-electron chi connectivity index (χ4n) is 17.4. The van der Waals surface area contributed by atoms with Crippen molar-refractivity contribution in [3.8, 4) is 0 Å². The highest BCUT2D eigenvalue weighted by Crippen LogP contribution is 2.74. The molecule has 11 unspecified atom stereocenters. The van der Waals surface area contributed by atoms with Gasteiger partial charge in [-0.3, -0.25) is 28.8 Å². The van der Waals surface area contributed by atoms with Crippen LogP contribution >= 0.6 is 47.6 Å². The Morgan fingerprint density at radius 3 is 1.57 bits per heavy atom. The molecule has 0 aromatic heterocycles. The molecule has 14 nitrogen and oxygen atoms in total. The Labute approximate surface area is 567 Å². The number of aliphatic hydroxyl groups excluding tert-OH is 2. The van der Waals surface area contributed by atoms with E-state index in [2.05, 4.69) is 64.6 Å². The molecular weight excluding hydrogens is 1360 g/mol. The van der Waals surface area contributed by atoms with Gasteiger partial charge in [0.2, 0.25) is 20.6 Å². The van der Waals surface area contributed by atoms with E-state index in [0.717, 1.165) is 23.9 Å². The van der Waals surface area contributed by atoms with Crippen molar-refractivity contribution in [2.24, 2.45) is 57.2 Å². The molecule has 0 aliphatic heterocycles. The lowest BCUT2D eigenvalue weighted by atomic mass is 9.44. The van der Waals surface area contributed by atoms with E-state index in [1.54, 1.807) is 41.5 Å². The van der Waals surface area contributed by atoms with E-state index < -0.39 is 155 Å². The number of thioether (sulfide) groups is 1. The van der Waals surface area contributed by atoms with Crippen LogP contribution in [0.3, 0.4) is 0 Å². The van der Waals surface area contributed by atoms with Gasteiger partial charge in [-0.15, -0.1) is 49.5 Å². The van der Waals surface area contributed by atoms with E-state index in [0.29, 0.717) is 18.1 Å². The zero-order chi connectivity index (χ0) is 70.8. The van der Waals surface area contributed by atoms with Crippen LogP contribution in [0.2, 0.25) is 0 Å². The highest BCUT2D eigenvalue weighted by atomic mass is 35.5. The lowest BCUT2D eigenvalue weighted by molar-refractivity contribution is -0.275. The third-order valence-electron chi connectivity index (χ3n) is 22.2. The SMILES string of the molecule is CCC(=O)O[C@@]1(C(=O)S)[C@H](C)CC2C3C[C@@H](F)C4=CC(=O)C=CC4(C)[C@]3(F)C(O)CC21C.CCC(=O)O[C@@]1(C(=O)SCCl)[C@H](C)CC2C3C[C@@H](F)C4=CC(=O)C=CC4(C)[C@]3(F)C(O)CC21C.Cc1cc([S+](CCl)c2[c-]cccc2)c(C)c(C)c1C.O=S(=O)([O-])OC(F)(F)F. The van der Waals surface area contributed by atoms with Crippen LogP contribution in [0.1, 0.15) is 129 Å². The minimum Gasteiger partial charge on any atom is -0.725 e. The van der Waals surface area contributed by atoms with Gasteiger partial charge < -0.3 is 24.2 Å². The molecule has 10 rings (SSSR count). The first-order valence-electron chi connectivity index (χ1n) is 30.8. The number of aryl methyl sites for hydroxylation is 1. The first-order valence-corrected chi connectivity index (χ1v) is 36.0. The summed E-state index contributed by atoms with van der Waals surface area (Å²) in [6.45, 7) is 22.1. The topological polar surface area (TPSA) is 228 Å². The van der Waals surface area contributed by atoms with Gasteiger partial charge in [-0.05, 0) is 150 Å². The summed E-state index contributed by atoms with van der Waals surface area (Å²) in [5.74, 6) is -5.89. The lowest BCUT2D eigenvalue weighted by Crippen LogP contribution is -2.70. The molecular formula is C67H80Cl2F7O14S4-. The number of hydrogen-bond donors (Lipinski definition) is 3. The summed E-state index contributed by atoms with van der Waals surface area (Å²) in [5, 5.41) is 22.2. The number of hydrogen-bond acceptors (Lipinski definition) is 15. The Morgan fingerprint density at radius 1 is 0.745 bits per heavy atom. The van der Waals surface area contributed by atoms with Gasteiger partial charge in [0.15, 0.2) is 44.2 Å². The van der Waals surface area contributed by atoms with Crippen molar-refractivity contribution in [1.29, 1.82) is 0 Å². The average Bonchev–Trinajstić information content (AvgIpc) is 1.26. The van der Waals surface area contributed by atoms with Crippen LogP contribution < -0.4 is 0 Å². The van der Waals surface area contributed by atoms with Crippen LogP contribution in [-0.4, -0.2) is 121 Å². The molecule has 94 heavy (non-hydrogen) atoms. The summed E-state index contributed by atoms with van der Waals surface area (Å²) < 4.78 is 139. The molecule has 0 heterocycles. The van der Waals surface area contributed by atoms with E-state index >= 15 is 17.6 Å². The fraction of sp³-hybridized carbons (Fsp3) is 0.612. The van der Waals surface area contributed by atoms with Gasteiger partial charge in [-0.25, -0.2) is 26.0 Å². The van der Waals surface area contributed by atoms with Gasteiger partial charge in [-0.2, -0.15) is 22.4 Å². The second-order valence-electron chi connectivity index (χ2n) is 26.7. The summed E-state index contributed by atoms with van der Waals surface area (Å²) in [4.78, 5) is 77.7. The molecule has 6 fully saturated rings. The number of benzene rings is 2. The third-order valence-corrected chi connectivity index (χ3v) is 26.6. The van der Waals surface area contributed by atoms with E-state index in [9.17, 15) is 52.2 Å². The number of ketones is 2. The molecule has 2 aromatic carbocycles. The molecule has 6 saturated carbocycles. The van der Waals surface area contributed by atoms with Crippen molar-refractivity contribution in [3.05, 3.63) is 106 Å². The molecule has 0 bridgehead atoms. The Balaban J connectivity index is 0.000000193. The average molecular weight is 1440 g/mol. The molecule has 0 amide bonds. The van der Waals surface area contributed by atoms with Crippen molar-refractivity contribution in [1.82, 2.24) is 0 Å². The van der Waals surface area contributed by atoms with Crippen molar-refractivity contribution < 1.29 is 96.3 Å². The largest absolute Gasteiger partial charge is 0.725 e. The second kappa shape index (κ2) is 27.9. The van der Waals surface area contributed by atoms with Gasteiger partial charge in [-0.1, -0.05) is 77.1 Å². The number of allylic oxidation sites excluding steroid dienone is 8. The number of alkyl halides is 9. The zero-order valence-electron chi connectivity index (χ0n) is 54.1. The summed E-state index contributed by atoms with van der Waals surface area (Å²) in [6, 6.07) is 13.8. The van der Waals surface area contributed by atoms with Crippen molar-refractivity contribution in [2.75, 3.05) is 10.4 Å². The summed E-state index contributed by atoms with van der Waals surface area (Å²) in [5.41, 5.74) is -7.44. The van der Waals surface area contributed by atoms with Crippen molar-refractivity contribution in [2.45, 2.75) is 198 Å². The van der Waals surface area contributed by atoms with Crippen LogP contribution in [0.4, 0.5) is 30.7 Å². The number of rotatable bonds is 11. The molecule has 0 radical (unpaired) electrons. The van der Waals surface area contributed by atoms with E-state index in [1.165, 1.54) is 70.2 Å². The first kappa shape index (κ1) is 77.3. The molecule has 8 aliphatic carbocycles. The van der Waals surface area contributed by atoms with Gasteiger partial charge in [0.1, 0.15) is 12.3 Å². The maximum Gasteiger partial charge on any atom is 0.536 e. The van der Waals surface area contributed by atoms with E-state index in [-0.39, 0.29) is 65.8 Å². The maximum atomic E-state index is 17.3. The highest BCUT2D eigenvalue weighted by molar-refractivity contribution is 8.14. The van der Waals surface area contributed by atoms with Gasteiger partial charge in [0.25, 0.3) is 0 Å². The van der Waals surface area contributed by atoms with Crippen LogP contribution in [0.25, 0.3) is 0 Å². The first-order chi connectivity index (χ1) is 43.4. The Hall–Kier alpha value is -4.05. The minimum atomic E-state index is -5.66. The molecule has 19 atom stereocenters. The van der Waals surface area contributed by atoms with E-state index in [4.69, 9.17) is 45.6 Å². The summed E-state index contributed by atoms with van der Waals surface area (Å²) in [6.07, 6.45) is -4.18. The van der Waals surface area contributed by atoms with Crippen LogP contribution in [0.5, 0.6) is 0 Å². The minimum absolute atomic E-state index is 0.0462. The monoisotopic (exact) mass is 1440 g/mol. The quantitative estimate of drug-likeness (QED) is 0.0278. The number of ether oxygens (including phenoxy) is 2. The Kier molecular flexibility index (Phi) is 23.0. The standard InChI is InChI=1S/C25H31ClF2O5S.C24H30F2O5S.C17H19ClS.CHF3O4S/c1-5-20(31)33-25(21(32)34-12-26)13(2)8-15-16-10-18(27)17-9-14(29)6-7-22(17,3)24(16,28)19(30)11-23(15,25)4;1-5-19(29)31-24(20(30)32)12(2)8-14-15-10-17(25)16-9-13(27)6-7-21(16,3)23(15,26)18(28)11-22(14,24)4;1-12-10-17(15(4)14(3)13(12)2)19(11-18)16-8-6-5-7-9-16;2-1(3,4)8-9(5,6)7/h6-7,9,13,15-16,18-19,30H,5,8,10-12H2,1-4H3;6-7,9,12,14-15,17-18,28H,5,8,10-11H2,1-4H3,(H,30,32);5-8,10H,11H2,1-4H3;(H,5,6,7)/p-1/t13-,15?,16?,18-,19?,22?,23?,24-,25-;12-,14?,15?,17-,18?,21?,22?,23-,24-;;/m11../s1. The van der Waals surface area contributed by atoms with Crippen molar-refractivity contribution in [3.63, 3.8) is 0 Å². The highest BCUT2D eigenvalue weighted by Gasteiger charge is 2.80. The molecule has 0 spiro atoms. The third kappa shape index (κ3) is 12.9. The molecule has 520 valence electrons. The Bertz CT molecular complexity index is 3560. The number of carbonyl (C=O) groups excluding carboxylic acids is 6. The number of halogens is 9. The zero-order valence-corrected chi connectivity index (χ0v) is 58.9. The molecule has 0 saturated heterocycles. The van der Waals surface area contributed by atoms with Gasteiger partial charge in [0, 0.05) is 63.7 Å². The number of fused-ring (bicyclic) bond motifs is 10. The van der Waals surface area contributed by atoms with Gasteiger partial charge in [0.05, 0.1) is 33.2 Å². The molecule has 8 aliphatic rings. The lowest BCUT2D eigenvalue weighted by Gasteiger charge is -2.63. The maximum absolute atomic E-state index is 17.3. The fourth-order valence-corrected chi connectivity index (χ4v) is 21.7. The smallest absolute Gasteiger partial charge is 0.536 e. The van der Waals surface area contributed by atoms with Crippen LogP contribution in [0.15, 0.2) is 87.7 Å². The second-order valence-corrected chi connectivity index (χ2v) is 32.2. The predicted octanol–water partition coefficient (Wildman–Crippen LogP) is 13.3. The van der Waals surface area contributed by atoms with E-state index in [1.807, 2.05) is 16.3 Å². The van der Waals surface area contributed by atoms with Crippen LogP contribution in [0, 0.1) is 90.9 Å². The van der Waals surface area contributed by atoms with Gasteiger partial charge >= 0.3 is 18.3 Å². The molecule has 2 N–H and O–H groups in total. The predicted molar refractivity (Wildman–Crippen MR) is 344 cm³/mol. The summed E-state index contributed by atoms with van der Waals surface area (Å²) >= 11 is 17.0. The number of thiol groups is 1. The summed E-state index contributed by atoms with van der Waals surface area (Å²) in [7, 11) is -5.75. The number of aliphatic hydroxyl groups is 2. The van der Waals surface area contributed by atoms with Crippen molar-refractivity contribution >= 4 is 103 Å². The Morgan fingerprint density at radius 2 is 1.19 bits per heavy atom. The normalized spacial score (nSPS) is 37.8. The number of carbonyl (C=O) groups is 6.